The number of aliphatic hydroxyl groups is 1. The largest absolute Gasteiger partial charge is 0.462 e. The van der Waals surface area contributed by atoms with Crippen molar-refractivity contribution in [3.8, 4) is 0 Å². The van der Waals surface area contributed by atoms with E-state index >= 15 is 0 Å². The molecule has 0 saturated carbocycles. The number of unbranched alkanes of at least 4 members (excludes halogenated alkanes) is 54. The van der Waals surface area contributed by atoms with Crippen molar-refractivity contribution in [2.75, 3.05) is 13.2 Å². The summed E-state index contributed by atoms with van der Waals surface area (Å²) >= 11 is 0. The number of carbonyl (C=O) groups is 2. The summed E-state index contributed by atoms with van der Waals surface area (Å²) in [6.07, 6.45) is 88.0. The summed E-state index contributed by atoms with van der Waals surface area (Å²) in [7, 11) is 0. The van der Waals surface area contributed by atoms with Gasteiger partial charge in [-0.25, -0.2) is 0 Å². The van der Waals surface area contributed by atoms with Crippen LogP contribution in [-0.2, 0) is 19.1 Å². The molecule has 0 aliphatic carbocycles. The van der Waals surface area contributed by atoms with E-state index in [4.69, 9.17) is 9.47 Å². The first-order valence-corrected chi connectivity index (χ1v) is 34.9. The van der Waals surface area contributed by atoms with Crippen LogP contribution in [0.2, 0.25) is 0 Å². The summed E-state index contributed by atoms with van der Waals surface area (Å²) in [5.41, 5.74) is 0. The van der Waals surface area contributed by atoms with Crippen LogP contribution in [0.25, 0.3) is 0 Å². The third-order valence-electron chi connectivity index (χ3n) is 16.2. The predicted molar refractivity (Wildman–Crippen MR) is 335 cm³/mol. The van der Waals surface area contributed by atoms with Gasteiger partial charge in [0, 0.05) is 12.8 Å². The smallest absolute Gasteiger partial charge is 0.306 e. The number of esters is 2. The first kappa shape index (κ1) is 74.4. The minimum Gasteiger partial charge on any atom is -0.462 e. The van der Waals surface area contributed by atoms with E-state index in [0.29, 0.717) is 12.8 Å². The second-order valence-corrected chi connectivity index (χ2v) is 24.0. The van der Waals surface area contributed by atoms with Gasteiger partial charge < -0.3 is 14.6 Å². The summed E-state index contributed by atoms with van der Waals surface area (Å²) in [4.78, 5) is 24.6. The molecule has 1 unspecified atom stereocenters. The van der Waals surface area contributed by atoms with Gasteiger partial charge in [-0.3, -0.25) is 9.59 Å². The summed E-state index contributed by atoms with van der Waals surface area (Å²) in [6, 6.07) is 0. The highest BCUT2D eigenvalue weighted by Gasteiger charge is 2.16. The lowest BCUT2D eigenvalue weighted by Crippen LogP contribution is -2.28. The van der Waals surface area contributed by atoms with Gasteiger partial charge in [0.15, 0.2) is 6.10 Å². The molecule has 0 rings (SSSR count). The highest BCUT2D eigenvalue weighted by Crippen LogP contribution is 2.19. The van der Waals surface area contributed by atoms with Gasteiger partial charge in [-0.15, -0.1) is 0 Å². The number of allylic oxidation sites excluding steroid dienone is 4. The standard InChI is InChI=1S/C71H136O5/c1-3-5-7-9-11-13-15-17-19-21-23-25-27-28-29-30-31-32-33-34-35-36-37-38-39-40-41-42-44-46-48-50-52-54-56-58-60-62-64-66-71(74)76-69(67-72)68-75-70(73)65-63-61-59-57-55-53-51-49-47-45-43-26-24-22-20-18-16-14-12-10-8-6-4-2/h15,17,21,23,69,72H,3-14,16,18-20,22,24-68H2,1-2H3/b17-15-,23-21-. The van der Waals surface area contributed by atoms with Gasteiger partial charge in [-0.2, -0.15) is 0 Å². The van der Waals surface area contributed by atoms with Crippen molar-refractivity contribution in [3.63, 3.8) is 0 Å². The average molecular weight is 1070 g/mol. The van der Waals surface area contributed by atoms with E-state index in [9.17, 15) is 14.7 Å². The molecular formula is C71H136O5. The molecule has 0 aromatic heterocycles. The average Bonchev–Trinajstić information content (AvgIpc) is 3.42. The Morgan fingerprint density at radius 1 is 0.303 bits per heavy atom. The van der Waals surface area contributed by atoms with Gasteiger partial charge >= 0.3 is 11.9 Å². The summed E-state index contributed by atoms with van der Waals surface area (Å²) < 4.78 is 10.8. The molecule has 0 aromatic rings. The molecule has 0 spiro atoms. The SMILES string of the molecule is CCCCCCC/C=C\C/C=C\CCCCCCCCCCCCCCCCCCCCCCCCCCCCCC(=O)OC(CO)COC(=O)CCCCCCCCCCCCCCCCCCCCCCCCC. The van der Waals surface area contributed by atoms with Crippen LogP contribution in [0.5, 0.6) is 0 Å². The fraction of sp³-hybridized carbons (Fsp3) is 0.915. The zero-order valence-corrected chi connectivity index (χ0v) is 51.8. The van der Waals surface area contributed by atoms with E-state index in [1.54, 1.807) is 0 Å². The topological polar surface area (TPSA) is 72.8 Å². The maximum Gasteiger partial charge on any atom is 0.306 e. The number of hydrogen-bond donors (Lipinski definition) is 1. The lowest BCUT2D eigenvalue weighted by Gasteiger charge is -2.15. The molecule has 0 fully saturated rings. The van der Waals surface area contributed by atoms with Crippen LogP contribution >= 0.6 is 0 Å². The molecule has 0 aromatic carbocycles. The van der Waals surface area contributed by atoms with Crippen LogP contribution in [0.4, 0.5) is 0 Å². The molecular weight excluding hydrogens is 933 g/mol. The van der Waals surface area contributed by atoms with Crippen LogP contribution in [0.15, 0.2) is 24.3 Å². The Balaban J connectivity index is 3.36. The number of ether oxygens (including phenoxy) is 2. The minimum absolute atomic E-state index is 0.0569. The molecule has 0 amide bonds. The van der Waals surface area contributed by atoms with Crippen molar-refractivity contribution in [2.45, 2.75) is 405 Å². The number of rotatable bonds is 66. The molecule has 5 heteroatoms. The summed E-state index contributed by atoms with van der Waals surface area (Å²) in [6.45, 7) is 4.20. The minimum atomic E-state index is -0.767. The highest BCUT2D eigenvalue weighted by molar-refractivity contribution is 5.70. The molecule has 0 heterocycles. The van der Waals surface area contributed by atoms with E-state index in [1.807, 2.05) is 0 Å². The maximum atomic E-state index is 12.4. The highest BCUT2D eigenvalue weighted by atomic mass is 16.6. The van der Waals surface area contributed by atoms with Crippen LogP contribution in [0.1, 0.15) is 399 Å². The van der Waals surface area contributed by atoms with E-state index in [-0.39, 0.29) is 25.2 Å². The molecule has 450 valence electrons. The Kier molecular flexibility index (Phi) is 66.2. The third kappa shape index (κ3) is 64.9. The molecule has 0 radical (unpaired) electrons. The molecule has 0 aliphatic rings. The van der Waals surface area contributed by atoms with Gasteiger partial charge in [0.1, 0.15) is 6.61 Å². The van der Waals surface area contributed by atoms with Gasteiger partial charge in [0.2, 0.25) is 0 Å². The predicted octanol–water partition coefficient (Wildman–Crippen LogP) is 24.0. The van der Waals surface area contributed by atoms with Crippen LogP contribution in [-0.4, -0.2) is 36.4 Å². The van der Waals surface area contributed by atoms with Gasteiger partial charge in [0.05, 0.1) is 6.61 Å². The Morgan fingerprint density at radius 2 is 0.526 bits per heavy atom. The zero-order valence-electron chi connectivity index (χ0n) is 51.8. The molecule has 0 saturated heterocycles. The monoisotopic (exact) mass is 1070 g/mol. The van der Waals surface area contributed by atoms with Crippen LogP contribution in [0, 0.1) is 0 Å². The first-order valence-electron chi connectivity index (χ1n) is 34.9. The summed E-state index contributed by atoms with van der Waals surface area (Å²) in [5.74, 6) is -0.562. The van der Waals surface area contributed by atoms with E-state index in [0.717, 1.165) is 38.5 Å². The number of aliphatic hydroxyl groups excluding tert-OH is 1. The molecule has 76 heavy (non-hydrogen) atoms. The molecule has 1 N–H and O–H groups in total. The Morgan fingerprint density at radius 3 is 0.776 bits per heavy atom. The maximum absolute atomic E-state index is 12.4. The number of carbonyl (C=O) groups excluding carboxylic acids is 2. The van der Waals surface area contributed by atoms with E-state index in [2.05, 4.69) is 38.2 Å². The van der Waals surface area contributed by atoms with Gasteiger partial charge in [-0.1, -0.05) is 366 Å². The van der Waals surface area contributed by atoms with Crippen molar-refractivity contribution in [2.24, 2.45) is 0 Å². The van der Waals surface area contributed by atoms with Crippen molar-refractivity contribution in [3.05, 3.63) is 24.3 Å². The normalized spacial score (nSPS) is 12.2. The fourth-order valence-electron chi connectivity index (χ4n) is 11.0. The second kappa shape index (κ2) is 67.7. The Labute approximate surface area is 476 Å². The first-order chi connectivity index (χ1) is 37.6. The lowest BCUT2D eigenvalue weighted by atomic mass is 10.0. The Hall–Kier alpha value is -1.62. The van der Waals surface area contributed by atoms with Crippen LogP contribution in [0.3, 0.4) is 0 Å². The molecule has 1 atom stereocenters. The van der Waals surface area contributed by atoms with Gasteiger partial charge in [0.25, 0.3) is 0 Å². The van der Waals surface area contributed by atoms with E-state index in [1.165, 1.54) is 334 Å². The zero-order chi connectivity index (χ0) is 54.8. The molecule has 0 aliphatic heterocycles. The lowest BCUT2D eigenvalue weighted by molar-refractivity contribution is -0.161. The molecule has 5 nitrogen and oxygen atoms in total. The molecule has 0 bridgehead atoms. The van der Waals surface area contributed by atoms with Crippen molar-refractivity contribution < 1.29 is 24.2 Å². The van der Waals surface area contributed by atoms with Gasteiger partial charge in [-0.05, 0) is 44.9 Å². The van der Waals surface area contributed by atoms with E-state index < -0.39 is 6.10 Å². The van der Waals surface area contributed by atoms with Crippen LogP contribution < -0.4 is 0 Å². The number of hydrogen-bond acceptors (Lipinski definition) is 5. The van der Waals surface area contributed by atoms with Crippen molar-refractivity contribution in [1.29, 1.82) is 0 Å². The summed E-state index contributed by atoms with van der Waals surface area (Å²) in [5, 5.41) is 9.69. The third-order valence-corrected chi connectivity index (χ3v) is 16.2. The van der Waals surface area contributed by atoms with Crippen molar-refractivity contribution >= 4 is 11.9 Å². The quantitative estimate of drug-likeness (QED) is 0.0373. The second-order valence-electron chi connectivity index (χ2n) is 24.0. The fourth-order valence-corrected chi connectivity index (χ4v) is 11.0. The Bertz CT molecular complexity index is 1160. The van der Waals surface area contributed by atoms with Crippen molar-refractivity contribution in [1.82, 2.24) is 0 Å².